The molecule has 0 aliphatic carbocycles. The maximum atomic E-state index is 2.41. The Bertz CT molecular complexity index is 1040. The van der Waals surface area contributed by atoms with Gasteiger partial charge in [-0.05, 0) is 0 Å². The predicted molar refractivity (Wildman–Crippen MR) is 139 cm³/mol. The van der Waals surface area contributed by atoms with Gasteiger partial charge in [0.25, 0.3) is 0 Å². The van der Waals surface area contributed by atoms with Gasteiger partial charge >= 0.3 is 189 Å². The molecular formula is C28H30GeN2. The van der Waals surface area contributed by atoms with Crippen molar-refractivity contribution in [1.82, 2.24) is 0 Å². The van der Waals surface area contributed by atoms with Crippen LogP contribution in [0.15, 0.2) is 109 Å². The summed E-state index contributed by atoms with van der Waals surface area (Å²) < 4.78 is 5.78. The van der Waals surface area contributed by atoms with Crippen LogP contribution in [-0.4, -0.2) is 41.5 Å². The van der Waals surface area contributed by atoms with Crippen molar-refractivity contribution < 1.29 is 0 Å². The van der Waals surface area contributed by atoms with Gasteiger partial charge in [0.1, 0.15) is 0 Å². The van der Waals surface area contributed by atoms with Gasteiger partial charge in [-0.3, -0.25) is 0 Å². The quantitative estimate of drug-likeness (QED) is 0.402. The summed E-state index contributed by atoms with van der Waals surface area (Å²) in [6, 6.07) is 40.6. The van der Waals surface area contributed by atoms with Crippen molar-refractivity contribution in [3.8, 4) is 0 Å². The van der Waals surface area contributed by atoms with Crippen LogP contribution in [-0.2, 0) is 0 Å². The van der Waals surface area contributed by atoms with Gasteiger partial charge in [-0.1, -0.05) is 0 Å². The van der Waals surface area contributed by atoms with Gasteiger partial charge in [-0.15, -0.1) is 0 Å². The molecule has 0 aromatic heterocycles. The van der Waals surface area contributed by atoms with E-state index in [1.54, 1.807) is 0 Å². The second-order valence-corrected chi connectivity index (χ2v) is 16.4. The van der Waals surface area contributed by atoms with Gasteiger partial charge in [-0.2, -0.15) is 0 Å². The van der Waals surface area contributed by atoms with Crippen LogP contribution in [0.25, 0.3) is 0 Å². The van der Waals surface area contributed by atoms with Crippen molar-refractivity contribution in [1.29, 1.82) is 0 Å². The van der Waals surface area contributed by atoms with E-state index >= 15 is 0 Å². The zero-order valence-electron chi connectivity index (χ0n) is 18.8. The zero-order valence-corrected chi connectivity index (χ0v) is 20.9. The Morgan fingerprint density at radius 2 is 0.774 bits per heavy atom. The molecule has 0 aliphatic heterocycles. The molecule has 0 spiro atoms. The van der Waals surface area contributed by atoms with E-state index in [0.29, 0.717) is 0 Å². The molecule has 0 heterocycles. The number of benzene rings is 4. The van der Waals surface area contributed by atoms with Crippen LogP contribution in [0.4, 0.5) is 11.4 Å². The molecule has 0 atom stereocenters. The summed E-state index contributed by atoms with van der Waals surface area (Å²) in [6.45, 7) is 0. The molecule has 2 nitrogen and oxygen atoms in total. The van der Waals surface area contributed by atoms with E-state index in [4.69, 9.17) is 0 Å². The Morgan fingerprint density at radius 3 is 1.13 bits per heavy atom. The van der Waals surface area contributed by atoms with E-state index in [-0.39, 0.29) is 0 Å². The third-order valence-corrected chi connectivity index (χ3v) is 16.0. The fourth-order valence-corrected chi connectivity index (χ4v) is 14.5. The van der Waals surface area contributed by atoms with E-state index in [1.165, 1.54) is 29.0 Å². The first kappa shape index (κ1) is 21.3. The molecule has 0 N–H and O–H groups in total. The molecular weight excluding hydrogens is 437 g/mol. The van der Waals surface area contributed by atoms with Gasteiger partial charge in [-0.25, -0.2) is 0 Å². The molecule has 0 unspecified atom stereocenters. The SMILES string of the molecule is CN(C)c1ccc[c]([Ge]([c]2ccccc2)([c]2ccccc2)[c]2cccc(N(C)C)c2)c1. The third kappa shape index (κ3) is 4.00. The van der Waals surface area contributed by atoms with E-state index in [0.717, 1.165) is 0 Å². The first-order valence-electron chi connectivity index (χ1n) is 10.7. The first-order valence-corrected chi connectivity index (χ1v) is 14.9. The predicted octanol–water partition coefficient (Wildman–Crippen LogP) is 3.20. The fourth-order valence-electron chi connectivity index (χ4n) is 4.41. The van der Waals surface area contributed by atoms with Crippen molar-refractivity contribution in [3.63, 3.8) is 0 Å². The fraction of sp³-hybridized carbons (Fsp3) is 0.143. The summed E-state index contributed by atoms with van der Waals surface area (Å²) in [4.78, 5) is 4.39. The Balaban J connectivity index is 2.13. The second kappa shape index (κ2) is 9.03. The molecule has 3 heteroatoms. The Kier molecular flexibility index (Phi) is 6.19. The molecule has 31 heavy (non-hydrogen) atoms. The summed E-state index contributed by atoms with van der Waals surface area (Å²) in [7, 11) is 8.47. The van der Waals surface area contributed by atoms with Crippen LogP contribution in [0.2, 0.25) is 0 Å². The van der Waals surface area contributed by atoms with Crippen LogP contribution in [0, 0.1) is 0 Å². The zero-order chi connectivity index (χ0) is 21.8. The number of hydrogen-bond donors (Lipinski definition) is 0. The van der Waals surface area contributed by atoms with Gasteiger partial charge < -0.3 is 0 Å². The number of hydrogen-bond acceptors (Lipinski definition) is 2. The molecule has 4 aromatic rings. The minimum atomic E-state index is -3.23. The first-order chi connectivity index (χ1) is 15.0. The number of nitrogens with zero attached hydrogens (tertiary/aromatic N) is 2. The van der Waals surface area contributed by atoms with Crippen LogP contribution < -0.4 is 27.4 Å². The van der Waals surface area contributed by atoms with Crippen LogP contribution in [0.5, 0.6) is 0 Å². The van der Waals surface area contributed by atoms with Crippen molar-refractivity contribution >= 4 is 42.2 Å². The van der Waals surface area contributed by atoms with Crippen LogP contribution in [0.1, 0.15) is 0 Å². The van der Waals surface area contributed by atoms with Gasteiger partial charge in [0.2, 0.25) is 0 Å². The molecule has 0 saturated heterocycles. The molecule has 0 bridgehead atoms. The van der Waals surface area contributed by atoms with E-state index < -0.39 is 13.3 Å². The van der Waals surface area contributed by atoms with Crippen LogP contribution in [0.3, 0.4) is 0 Å². The summed E-state index contributed by atoms with van der Waals surface area (Å²) in [6.07, 6.45) is 0. The van der Waals surface area contributed by atoms with Crippen molar-refractivity contribution in [3.05, 3.63) is 109 Å². The van der Waals surface area contributed by atoms with Crippen molar-refractivity contribution in [2.75, 3.05) is 38.0 Å². The van der Waals surface area contributed by atoms with E-state index in [2.05, 4.69) is 147 Å². The Hall–Kier alpha value is -2.98. The molecule has 156 valence electrons. The maximum absolute atomic E-state index is 3.23. The topological polar surface area (TPSA) is 6.48 Å². The average Bonchev–Trinajstić information content (AvgIpc) is 2.81. The molecule has 4 rings (SSSR count). The van der Waals surface area contributed by atoms with Crippen molar-refractivity contribution in [2.24, 2.45) is 0 Å². The summed E-state index contributed by atoms with van der Waals surface area (Å²) in [5.74, 6) is 0. The molecule has 0 aliphatic rings. The molecule has 0 fully saturated rings. The summed E-state index contributed by atoms with van der Waals surface area (Å²) in [5.41, 5.74) is 2.48. The van der Waals surface area contributed by atoms with Crippen LogP contribution >= 0.6 is 0 Å². The Labute approximate surface area is 189 Å². The normalized spacial score (nSPS) is 11.2. The number of rotatable bonds is 6. The number of anilines is 2. The molecule has 4 aromatic carbocycles. The molecule has 0 amide bonds. The summed E-state index contributed by atoms with van der Waals surface area (Å²) in [5, 5.41) is 0. The Morgan fingerprint density at radius 1 is 0.419 bits per heavy atom. The van der Waals surface area contributed by atoms with Crippen molar-refractivity contribution in [2.45, 2.75) is 0 Å². The third-order valence-electron chi connectivity index (χ3n) is 6.00. The molecule has 0 radical (unpaired) electrons. The van der Waals surface area contributed by atoms with Gasteiger partial charge in [0.05, 0.1) is 0 Å². The second-order valence-electron chi connectivity index (χ2n) is 8.37. The standard InChI is InChI=1S/C28H30GeN2/c1-30(2)27-19-11-17-25(21-27)29(23-13-7-5-8-14-23,24-15-9-6-10-16-24)26-18-12-20-28(22-26)31(3)4/h5-22H,1-4H3. The summed E-state index contributed by atoms with van der Waals surface area (Å²) >= 11 is -3.23. The minimum absolute atomic E-state index is 1.24. The van der Waals surface area contributed by atoms with E-state index in [9.17, 15) is 0 Å². The van der Waals surface area contributed by atoms with E-state index in [1.807, 2.05) is 0 Å². The van der Waals surface area contributed by atoms with Gasteiger partial charge in [0, 0.05) is 0 Å². The van der Waals surface area contributed by atoms with Gasteiger partial charge in [0.15, 0.2) is 0 Å². The average molecular weight is 467 g/mol. The molecule has 0 saturated carbocycles. The monoisotopic (exact) mass is 468 g/mol.